The summed E-state index contributed by atoms with van der Waals surface area (Å²) in [6.45, 7) is 6.80. The van der Waals surface area contributed by atoms with Crippen LogP contribution in [0.15, 0.2) is 61.1 Å². The Morgan fingerprint density at radius 3 is 2.47 bits per heavy atom. The molecule has 3 N–H and O–H groups in total. The lowest BCUT2D eigenvalue weighted by Crippen LogP contribution is -2.60. The van der Waals surface area contributed by atoms with E-state index in [1.54, 1.807) is 26.2 Å². The number of carbonyl (C=O) groups is 4. The summed E-state index contributed by atoms with van der Waals surface area (Å²) >= 11 is 0. The molecule has 60 heavy (non-hydrogen) atoms. The molecule has 308 valence electrons. The van der Waals surface area contributed by atoms with Crippen LogP contribution in [0.2, 0.25) is 0 Å². The van der Waals surface area contributed by atoms with E-state index in [-0.39, 0.29) is 35.9 Å². The summed E-state index contributed by atoms with van der Waals surface area (Å²) in [5.41, 5.74) is 8.61. The fraction of sp³-hybridized carbons (Fsp3) is 0.395. The van der Waals surface area contributed by atoms with Crippen molar-refractivity contribution in [2.75, 3.05) is 61.4 Å². The number of likely N-dealkylation sites (tertiary alicyclic amines) is 2. The molecule has 8 heterocycles. The number of imide groups is 1. The number of rotatable bonds is 9. The third-order valence-corrected chi connectivity index (χ3v) is 12.7. The van der Waals surface area contributed by atoms with Gasteiger partial charge in [-0.2, -0.15) is 0 Å². The van der Waals surface area contributed by atoms with E-state index in [4.69, 9.17) is 10.1 Å². The Hall–Kier alpha value is -6.49. The van der Waals surface area contributed by atoms with Gasteiger partial charge < -0.3 is 20.4 Å². The summed E-state index contributed by atoms with van der Waals surface area (Å²) < 4.78 is 15.1. The van der Waals surface area contributed by atoms with E-state index in [0.29, 0.717) is 54.5 Å². The van der Waals surface area contributed by atoms with Crippen LogP contribution in [0.25, 0.3) is 16.9 Å². The third-order valence-electron chi connectivity index (χ3n) is 12.7. The molecule has 0 unspecified atom stereocenters. The van der Waals surface area contributed by atoms with E-state index in [0.717, 1.165) is 67.1 Å². The van der Waals surface area contributed by atoms with E-state index in [2.05, 4.69) is 60.0 Å². The number of aromatic nitrogens is 5. The second-order valence-corrected chi connectivity index (χ2v) is 16.7. The Labute approximate surface area is 345 Å². The van der Waals surface area contributed by atoms with Crippen LogP contribution >= 0.6 is 0 Å². The summed E-state index contributed by atoms with van der Waals surface area (Å²) in [5, 5.41) is 13.1. The van der Waals surface area contributed by atoms with Crippen molar-refractivity contribution in [3.8, 4) is 11.3 Å². The lowest BCUT2D eigenvalue weighted by atomic mass is 9.72. The Morgan fingerprint density at radius 2 is 1.73 bits per heavy atom. The number of hydrogen-bond acceptors (Lipinski definition) is 11. The largest absolute Gasteiger partial charge is 0.385 e. The van der Waals surface area contributed by atoms with E-state index in [9.17, 15) is 23.6 Å². The summed E-state index contributed by atoms with van der Waals surface area (Å²) in [4.78, 5) is 72.4. The second-order valence-electron chi connectivity index (χ2n) is 16.7. The van der Waals surface area contributed by atoms with Gasteiger partial charge >= 0.3 is 6.03 Å². The van der Waals surface area contributed by atoms with Crippen LogP contribution in [-0.2, 0) is 17.8 Å². The molecule has 16 nitrogen and oxygen atoms in total. The molecule has 5 aromatic rings. The van der Waals surface area contributed by atoms with Crippen molar-refractivity contribution in [3.05, 3.63) is 89.1 Å². The minimum atomic E-state index is -1.01. The topological polar surface area (TPSA) is 173 Å². The Balaban J connectivity index is 0.767. The second kappa shape index (κ2) is 14.7. The van der Waals surface area contributed by atoms with Gasteiger partial charge in [0.05, 0.1) is 40.6 Å². The smallest absolute Gasteiger partial charge is 0.328 e. The quantitative estimate of drug-likeness (QED) is 0.194. The molecule has 4 aromatic heterocycles. The van der Waals surface area contributed by atoms with Gasteiger partial charge in [0, 0.05) is 95.4 Å². The number of amides is 5. The van der Waals surface area contributed by atoms with Crippen LogP contribution in [0.1, 0.15) is 63.4 Å². The molecule has 4 aliphatic heterocycles. The number of benzene rings is 1. The SMILES string of the molecule is CNc1cc(N2CCc3c(-c4ccc(CN5CC6(CCN(C(=O)c7cnc(C)c(N8CCC(=O)NC8=O)c7)CC6)C5)cn4)cccc32)nn2c(C(=O)N[C@@H]3C[C@@H]3F)cnc12. The fourth-order valence-corrected chi connectivity index (χ4v) is 9.23. The molecular weight excluding hydrogens is 768 g/mol. The van der Waals surface area contributed by atoms with Gasteiger partial charge in [-0.15, -0.1) is 5.10 Å². The molecule has 3 saturated heterocycles. The molecular formula is C43H45FN12O4. The Kier molecular flexibility index (Phi) is 9.22. The molecule has 2 atom stereocenters. The van der Waals surface area contributed by atoms with Crippen molar-refractivity contribution in [2.45, 2.75) is 57.8 Å². The van der Waals surface area contributed by atoms with Gasteiger partial charge in [-0.3, -0.25) is 39.5 Å². The number of hydrogen-bond donors (Lipinski definition) is 3. The van der Waals surface area contributed by atoms with E-state index in [1.807, 2.05) is 23.2 Å². The standard InChI is InChI=1S/C43H45FN12O4/c1-25-35(55-13-9-38(57)50-42(55)60)16-27(20-46-25)41(59)53-14-10-43(11-15-53)23-52(24-43)22-26-6-7-31(47-19-26)28-4-3-5-34-29(28)8-12-54(34)37-18-33(45-2)39-48-21-36(56(39)51-37)40(58)49-32-17-30(32)44/h3-7,16,18-21,30,32,45H,8-15,17,22-24H2,1-2H3,(H,49,58)(H,50,57,60)/t30-,32+/m0/s1. The molecule has 10 rings (SSSR count). The van der Waals surface area contributed by atoms with Crippen LogP contribution in [-0.4, -0.2) is 117 Å². The van der Waals surface area contributed by atoms with Crippen molar-refractivity contribution in [1.82, 2.24) is 45.0 Å². The lowest BCUT2D eigenvalue weighted by Gasteiger charge is -2.54. The number of pyridine rings is 2. The number of fused-ring (bicyclic) bond motifs is 2. The zero-order chi connectivity index (χ0) is 41.3. The highest BCUT2D eigenvalue weighted by Gasteiger charge is 2.45. The number of carbonyl (C=O) groups excluding carboxylic acids is 4. The number of halogens is 1. The number of aryl methyl sites for hydroxylation is 1. The first-order valence-electron chi connectivity index (χ1n) is 20.5. The summed E-state index contributed by atoms with van der Waals surface area (Å²) in [5.74, 6) is -0.134. The van der Waals surface area contributed by atoms with Gasteiger partial charge in [0.15, 0.2) is 17.2 Å². The van der Waals surface area contributed by atoms with E-state index >= 15 is 0 Å². The highest BCUT2D eigenvalue weighted by atomic mass is 19.1. The van der Waals surface area contributed by atoms with Gasteiger partial charge in [0.2, 0.25) is 5.91 Å². The van der Waals surface area contributed by atoms with Crippen LogP contribution < -0.4 is 25.8 Å². The molecule has 5 aliphatic rings. The zero-order valence-corrected chi connectivity index (χ0v) is 33.4. The molecule has 1 spiro atoms. The average Bonchev–Trinajstić information content (AvgIpc) is 3.55. The first kappa shape index (κ1) is 37.8. The van der Waals surface area contributed by atoms with Gasteiger partial charge in [-0.05, 0) is 60.9 Å². The van der Waals surface area contributed by atoms with Crippen molar-refractivity contribution < 1.29 is 23.6 Å². The monoisotopic (exact) mass is 812 g/mol. The normalized spacial score (nSPS) is 20.9. The zero-order valence-electron chi connectivity index (χ0n) is 33.4. The molecule has 17 heteroatoms. The predicted molar refractivity (Wildman–Crippen MR) is 221 cm³/mol. The van der Waals surface area contributed by atoms with Crippen molar-refractivity contribution in [1.29, 1.82) is 0 Å². The van der Waals surface area contributed by atoms with E-state index in [1.165, 1.54) is 21.2 Å². The van der Waals surface area contributed by atoms with Crippen LogP contribution in [0.4, 0.5) is 32.1 Å². The number of anilines is 4. The van der Waals surface area contributed by atoms with Crippen LogP contribution in [0.5, 0.6) is 0 Å². The van der Waals surface area contributed by atoms with E-state index < -0.39 is 24.2 Å². The first-order valence-corrected chi connectivity index (χ1v) is 20.5. The number of nitrogens with zero attached hydrogens (tertiary/aromatic N) is 9. The summed E-state index contributed by atoms with van der Waals surface area (Å²) in [6.07, 6.45) is 7.17. The molecule has 5 amide bonds. The van der Waals surface area contributed by atoms with Crippen LogP contribution in [0.3, 0.4) is 0 Å². The fourth-order valence-electron chi connectivity index (χ4n) is 9.23. The van der Waals surface area contributed by atoms with Gasteiger partial charge in [0.1, 0.15) is 6.17 Å². The minimum Gasteiger partial charge on any atom is -0.385 e. The molecule has 0 bridgehead atoms. The van der Waals surface area contributed by atoms with Gasteiger partial charge in [-0.25, -0.2) is 18.7 Å². The highest BCUT2D eigenvalue weighted by molar-refractivity contribution is 6.06. The van der Waals surface area contributed by atoms with Crippen molar-refractivity contribution in [3.63, 3.8) is 0 Å². The predicted octanol–water partition coefficient (Wildman–Crippen LogP) is 4.26. The first-order chi connectivity index (χ1) is 29.1. The lowest BCUT2D eigenvalue weighted by molar-refractivity contribution is -0.120. The maximum atomic E-state index is 13.6. The van der Waals surface area contributed by atoms with Gasteiger partial charge in [-0.1, -0.05) is 18.2 Å². The summed E-state index contributed by atoms with van der Waals surface area (Å²) in [7, 11) is 1.80. The number of piperidine rings is 1. The molecule has 4 fully saturated rings. The minimum absolute atomic E-state index is 0.0930. The number of alkyl halides is 1. The Morgan fingerprint density at radius 1 is 0.933 bits per heavy atom. The van der Waals surface area contributed by atoms with Crippen LogP contribution in [0, 0.1) is 12.3 Å². The number of nitrogens with one attached hydrogen (secondary N) is 3. The maximum absolute atomic E-state index is 13.6. The molecule has 0 radical (unpaired) electrons. The van der Waals surface area contributed by atoms with Crippen molar-refractivity contribution in [2.24, 2.45) is 5.41 Å². The molecule has 1 aliphatic carbocycles. The Bertz CT molecular complexity index is 2560. The average molecular weight is 813 g/mol. The number of urea groups is 1. The maximum Gasteiger partial charge on any atom is 0.328 e. The number of imidazole rings is 1. The summed E-state index contributed by atoms with van der Waals surface area (Å²) in [6, 6.07) is 13.2. The molecule has 1 aromatic carbocycles. The third kappa shape index (κ3) is 6.75. The van der Waals surface area contributed by atoms with Gasteiger partial charge in [0.25, 0.3) is 11.8 Å². The van der Waals surface area contributed by atoms with Crippen molar-refractivity contribution >= 4 is 52.3 Å². The molecule has 1 saturated carbocycles. The highest BCUT2D eigenvalue weighted by Crippen LogP contribution is 2.42.